The van der Waals surface area contributed by atoms with Crippen molar-refractivity contribution in [3.63, 3.8) is 0 Å². The summed E-state index contributed by atoms with van der Waals surface area (Å²) in [6.45, 7) is 5.87. The first-order valence-corrected chi connectivity index (χ1v) is 10.5. The molecule has 1 N–H and O–H groups in total. The van der Waals surface area contributed by atoms with Crippen LogP contribution >= 0.6 is 0 Å². The lowest BCUT2D eigenvalue weighted by atomic mass is 10.1. The summed E-state index contributed by atoms with van der Waals surface area (Å²) in [5.41, 5.74) is 3.27. The summed E-state index contributed by atoms with van der Waals surface area (Å²) in [7, 11) is 1.49. The van der Waals surface area contributed by atoms with Crippen molar-refractivity contribution < 1.29 is 19.1 Å². The van der Waals surface area contributed by atoms with E-state index in [4.69, 9.17) is 14.5 Å². The standard InChI is InChI=1S/C25H24N4O4/c1-5-33-25(31)19-14-26-29(21-13-16(3)17-11-8-9-15(2)22(17)27-21)23(19)28-24(30)18-10-6-7-12-20(18)32-4/h6-14H,5H2,1-4H3,(H,28,30). The molecule has 0 saturated heterocycles. The maximum absolute atomic E-state index is 13.1. The largest absolute Gasteiger partial charge is 0.496 e. The fraction of sp³-hybridized carbons (Fsp3) is 0.200. The van der Waals surface area contributed by atoms with Crippen LogP contribution in [0.2, 0.25) is 0 Å². The predicted molar refractivity (Wildman–Crippen MR) is 125 cm³/mol. The van der Waals surface area contributed by atoms with Gasteiger partial charge in [0, 0.05) is 5.39 Å². The SMILES string of the molecule is CCOC(=O)c1cnn(-c2cc(C)c3cccc(C)c3n2)c1NC(=O)c1ccccc1OC. The number of aromatic nitrogens is 3. The van der Waals surface area contributed by atoms with E-state index in [0.29, 0.717) is 17.1 Å². The van der Waals surface area contributed by atoms with E-state index >= 15 is 0 Å². The Labute approximate surface area is 191 Å². The lowest BCUT2D eigenvalue weighted by Gasteiger charge is -2.14. The number of carbonyl (C=O) groups is 2. The van der Waals surface area contributed by atoms with E-state index in [2.05, 4.69) is 10.4 Å². The van der Waals surface area contributed by atoms with E-state index < -0.39 is 11.9 Å². The second kappa shape index (κ2) is 9.12. The van der Waals surface area contributed by atoms with Crippen LogP contribution in [0.1, 0.15) is 38.8 Å². The highest BCUT2D eigenvalue weighted by atomic mass is 16.5. The first-order valence-electron chi connectivity index (χ1n) is 10.5. The molecular formula is C25H24N4O4. The molecule has 0 atom stereocenters. The number of ether oxygens (including phenoxy) is 2. The van der Waals surface area contributed by atoms with Crippen LogP contribution in [-0.2, 0) is 4.74 Å². The molecule has 4 aromatic rings. The van der Waals surface area contributed by atoms with Crippen LogP contribution in [0.25, 0.3) is 16.7 Å². The summed E-state index contributed by atoms with van der Waals surface area (Å²) in [6.07, 6.45) is 1.37. The highest BCUT2D eigenvalue weighted by Crippen LogP contribution is 2.27. The number of nitrogens with one attached hydrogen (secondary N) is 1. The highest BCUT2D eigenvalue weighted by molar-refractivity contribution is 6.09. The molecular weight excluding hydrogens is 420 g/mol. The predicted octanol–water partition coefficient (Wildman–Crippen LogP) is 4.47. The van der Waals surface area contributed by atoms with Gasteiger partial charge in [-0.15, -0.1) is 0 Å². The Morgan fingerprint density at radius 1 is 1.03 bits per heavy atom. The third kappa shape index (κ3) is 4.15. The first-order chi connectivity index (χ1) is 15.9. The molecule has 168 valence electrons. The smallest absolute Gasteiger partial charge is 0.343 e. The Morgan fingerprint density at radius 3 is 2.58 bits per heavy atom. The Hall–Kier alpha value is -4.20. The zero-order valence-corrected chi connectivity index (χ0v) is 18.9. The average Bonchev–Trinajstić information content (AvgIpc) is 3.23. The van der Waals surface area contributed by atoms with Crippen molar-refractivity contribution in [3.05, 3.63) is 77.0 Å². The summed E-state index contributed by atoms with van der Waals surface area (Å²) < 4.78 is 11.9. The van der Waals surface area contributed by atoms with Crippen molar-refractivity contribution in [1.82, 2.24) is 14.8 Å². The van der Waals surface area contributed by atoms with Gasteiger partial charge >= 0.3 is 5.97 Å². The number of pyridine rings is 1. The van der Waals surface area contributed by atoms with Gasteiger partial charge in [0.15, 0.2) is 11.6 Å². The van der Waals surface area contributed by atoms with Crippen LogP contribution in [-0.4, -0.2) is 40.4 Å². The van der Waals surface area contributed by atoms with Crippen molar-refractivity contribution in [2.75, 3.05) is 19.0 Å². The number of nitrogens with zero attached hydrogens (tertiary/aromatic N) is 3. The fourth-order valence-electron chi connectivity index (χ4n) is 3.66. The molecule has 2 aromatic heterocycles. The molecule has 8 heteroatoms. The van der Waals surface area contributed by atoms with Crippen molar-refractivity contribution in [2.24, 2.45) is 0 Å². The number of benzene rings is 2. The van der Waals surface area contributed by atoms with Gasteiger partial charge in [0.05, 0.1) is 31.0 Å². The van der Waals surface area contributed by atoms with Crippen LogP contribution in [0.4, 0.5) is 5.82 Å². The maximum Gasteiger partial charge on any atom is 0.343 e. The number of esters is 1. The second-order valence-electron chi connectivity index (χ2n) is 7.46. The third-order valence-electron chi connectivity index (χ3n) is 5.30. The molecule has 0 spiro atoms. The molecule has 0 saturated carbocycles. The Kier molecular flexibility index (Phi) is 6.08. The van der Waals surface area contributed by atoms with Crippen LogP contribution in [0, 0.1) is 13.8 Å². The lowest BCUT2D eigenvalue weighted by Crippen LogP contribution is -2.19. The molecule has 1 amide bonds. The first kappa shape index (κ1) is 22.0. The molecule has 0 aliphatic heterocycles. The number of amides is 1. The molecule has 0 unspecified atom stereocenters. The van der Waals surface area contributed by atoms with E-state index in [0.717, 1.165) is 22.0 Å². The van der Waals surface area contributed by atoms with E-state index in [9.17, 15) is 9.59 Å². The van der Waals surface area contributed by atoms with Crippen molar-refractivity contribution >= 4 is 28.6 Å². The minimum absolute atomic E-state index is 0.129. The second-order valence-corrected chi connectivity index (χ2v) is 7.46. The molecule has 33 heavy (non-hydrogen) atoms. The zero-order valence-electron chi connectivity index (χ0n) is 18.9. The van der Waals surface area contributed by atoms with E-state index in [1.165, 1.54) is 18.0 Å². The highest BCUT2D eigenvalue weighted by Gasteiger charge is 2.24. The molecule has 0 fully saturated rings. The van der Waals surface area contributed by atoms with Crippen LogP contribution < -0.4 is 10.1 Å². The van der Waals surface area contributed by atoms with Crippen LogP contribution in [0.5, 0.6) is 5.75 Å². The van der Waals surface area contributed by atoms with E-state index in [1.807, 2.05) is 38.1 Å². The average molecular weight is 444 g/mol. The van der Waals surface area contributed by atoms with Crippen molar-refractivity contribution in [1.29, 1.82) is 0 Å². The molecule has 4 rings (SSSR count). The molecule has 0 aliphatic carbocycles. The van der Waals surface area contributed by atoms with Gasteiger partial charge < -0.3 is 14.8 Å². The van der Waals surface area contributed by atoms with Gasteiger partial charge in [-0.3, -0.25) is 4.79 Å². The van der Waals surface area contributed by atoms with Crippen LogP contribution in [0.15, 0.2) is 54.7 Å². The zero-order chi connectivity index (χ0) is 23.5. The van der Waals surface area contributed by atoms with Gasteiger partial charge in [-0.05, 0) is 50.1 Å². The fourth-order valence-corrected chi connectivity index (χ4v) is 3.66. The minimum atomic E-state index is -0.590. The number of carbonyl (C=O) groups excluding carboxylic acids is 2. The van der Waals surface area contributed by atoms with E-state index in [-0.39, 0.29) is 18.0 Å². The summed E-state index contributed by atoms with van der Waals surface area (Å²) in [5, 5.41) is 8.20. The number of fused-ring (bicyclic) bond motifs is 1. The van der Waals surface area contributed by atoms with Gasteiger partial charge in [-0.1, -0.05) is 30.3 Å². The molecule has 0 bridgehead atoms. The summed E-state index contributed by atoms with van der Waals surface area (Å²) in [6, 6.07) is 14.7. The van der Waals surface area contributed by atoms with Gasteiger partial charge in [-0.25, -0.2) is 9.78 Å². The molecule has 2 aromatic carbocycles. The maximum atomic E-state index is 13.1. The normalized spacial score (nSPS) is 10.8. The number of aryl methyl sites for hydroxylation is 2. The van der Waals surface area contributed by atoms with Gasteiger partial charge in [-0.2, -0.15) is 9.78 Å². The van der Waals surface area contributed by atoms with Crippen molar-refractivity contribution in [3.8, 4) is 11.6 Å². The summed E-state index contributed by atoms with van der Waals surface area (Å²) >= 11 is 0. The van der Waals surface area contributed by atoms with Gasteiger partial charge in [0.2, 0.25) is 0 Å². The van der Waals surface area contributed by atoms with Gasteiger partial charge in [0.1, 0.15) is 11.3 Å². The van der Waals surface area contributed by atoms with Crippen LogP contribution in [0.3, 0.4) is 0 Å². The summed E-state index contributed by atoms with van der Waals surface area (Å²) in [5.74, 6) is 0.0135. The van der Waals surface area contributed by atoms with E-state index in [1.54, 1.807) is 31.2 Å². The monoisotopic (exact) mass is 444 g/mol. The number of rotatable bonds is 6. The lowest BCUT2D eigenvalue weighted by molar-refractivity contribution is 0.0527. The summed E-state index contributed by atoms with van der Waals surface area (Å²) in [4.78, 5) is 30.5. The molecule has 2 heterocycles. The Morgan fingerprint density at radius 2 is 1.82 bits per heavy atom. The number of hydrogen-bond acceptors (Lipinski definition) is 6. The molecule has 8 nitrogen and oxygen atoms in total. The Bertz CT molecular complexity index is 1360. The number of para-hydroxylation sites is 2. The minimum Gasteiger partial charge on any atom is -0.496 e. The number of methoxy groups -OCH3 is 1. The van der Waals surface area contributed by atoms with Gasteiger partial charge in [0.25, 0.3) is 5.91 Å². The Balaban J connectivity index is 1.85. The topological polar surface area (TPSA) is 95.3 Å². The molecule has 0 aliphatic rings. The quantitative estimate of drug-likeness (QED) is 0.441. The van der Waals surface area contributed by atoms with Crippen molar-refractivity contribution in [2.45, 2.75) is 20.8 Å². The third-order valence-corrected chi connectivity index (χ3v) is 5.30. The molecule has 0 radical (unpaired) electrons. The number of hydrogen-bond donors (Lipinski definition) is 1. The number of anilines is 1.